The summed E-state index contributed by atoms with van der Waals surface area (Å²) in [5.41, 5.74) is 3.51. The number of allylic oxidation sites excluding steroid dienone is 2. The molecule has 0 aromatic heterocycles. The SMILES string of the molecule is CC(C)Oc1ccc2c(c1)C1C=CCC1C(c1cccc(Cl)c1Cl)N2. The lowest BCUT2D eigenvalue weighted by atomic mass is 9.77. The van der Waals surface area contributed by atoms with Gasteiger partial charge >= 0.3 is 0 Å². The minimum absolute atomic E-state index is 0.149. The van der Waals surface area contributed by atoms with Crippen LogP contribution in [0.25, 0.3) is 0 Å². The average Bonchev–Trinajstić information content (AvgIpc) is 3.06. The predicted octanol–water partition coefficient (Wildman–Crippen LogP) is 6.61. The van der Waals surface area contributed by atoms with Gasteiger partial charge in [-0.05, 0) is 61.6 Å². The van der Waals surface area contributed by atoms with Crippen molar-refractivity contribution in [3.8, 4) is 5.75 Å². The van der Waals surface area contributed by atoms with E-state index in [0.717, 1.165) is 23.4 Å². The molecule has 130 valence electrons. The molecule has 0 spiro atoms. The summed E-state index contributed by atoms with van der Waals surface area (Å²) < 4.78 is 5.88. The zero-order valence-electron chi connectivity index (χ0n) is 14.3. The number of fused-ring (bicyclic) bond motifs is 3. The second-order valence-electron chi connectivity index (χ2n) is 7.03. The minimum atomic E-state index is 0.149. The molecule has 0 saturated carbocycles. The Kier molecular flexibility index (Phi) is 4.43. The van der Waals surface area contributed by atoms with Crippen LogP contribution in [0.4, 0.5) is 5.69 Å². The highest BCUT2D eigenvalue weighted by Gasteiger charge is 2.39. The van der Waals surface area contributed by atoms with Gasteiger partial charge in [-0.15, -0.1) is 0 Å². The van der Waals surface area contributed by atoms with E-state index in [2.05, 4.69) is 35.7 Å². The van der Waals surface area contributed by atoms with Crippen LogP contribution in [-0.2, 0) is 0 Å². The lowest BCUT2D eigenvalue weighted by Crippen LogP contribution is -2.29. The fourth-order valence-electron chi connectivity index (χ4n) is 3.99. The van der Waals surface area contributed by atoms with Gasteiger partial charge in [0.05, 0.1) is 22.2 Å². The first-order valence-electron chi connectivity index (χ1n) is 8.72. The van der Waals surface area contributed by atoms with Crippen LogP contribution in [0.5, 0.6) is 5.75 Å². The van der Waals surface area contributed by atoms with Crippen LogP contribution in [0, 0.1) is 5.92 Å². The molecule has 1 heterocycles. The molecule has 0 fully saturated rings. The fourth-order valence-corrected chi connectivity index (χ4v) is 4.41. The van der Waals surface area contributed by atoms with Gasteiger partial charge in [0.15, 0.2) is 0 Å². The van der Waals surface area contributed by atoms with Crippen LogP contribution < -0.4 is 10.1 Å². The largest absolute Gasteiger partial charge is 0.491 e. The van der Waals surface area contributed by atoms with Crippen molar-refractivity contribution in [3.05, 3.63) is 69.7 Å². The van der Waals surface area contributed by atoms with E-state index < -0.39 is 0 Å². The van der Waals surface area contributed by atoms with Gasteiger partial charge in [-0.3, -0.25) is 0 Å². The molecule has 25 heavy (non-hydrogen) atoms. The summed E-state index contributed by atoms with van der Waals surface area (Å²) in [6, 6.07) is 12.3. The molecular weight excluding hydrogens is 353 g/mol. The molecular formula is C21H21Cl2NO. The molecule has 1 N–H and O–H groups in total. The summed E-state index contributed by atoms with van der Waals surface area (Å²) >= 11 is 12.8. The molecule has 2 aromatic carbocycles. The third kappa shape index (κ3) is 3.02. The van der Waals surface area contributed by atoms with Crippen molar-refractivity contribution in [1.82, 2.24) is 0 Å². The highest BCUT2D eigenvalue weighted by Crippen LogP contribution is 2.51. The van der Waals surface area contributed by atoms with E-state index in [1.165, 1.54) is 5.56 Å². The summed E-state index contributed by atoms with van der Waals surface area (Å²) in [6.45, 7) is 4.10. The molecule has 3 unspecified atom stereocenters. The first-order valence-corrected chi connectivity index (χ1v) is 9.48. The van der Waals surface area contributed by atoms with Gasteiger partial charge in [0.1, 0.15) is 5.75 Å². The summed E-state index contributed by atoms with van der Waals surface area (Å²) in [4.78, 5) is 0. The fraction of sp³-hybridized carbons (Fsp3) is 0.333. The molecule has 2 aromatic rings. The molecule has 0 radical (unpaired) electrons. The zero-order chi connectivity index (χ0) is 17.6. The summed E-state index contributed by atoms with van der Waals surface area (Å²) in [5, 5.41) is 4.95. The quantitative estimate of drug-likeness (QED) is 0.611. The van der Waals surface area contributed by atoms with Crippen LogP contribution >= 0.6 is 23.2 Å². The van der Waals surface area contributed by atoms with Crippen molar-refractivity contribution in [2.75, 3.05) is 5.32 Å². The van der Waals surface area contributed by atoms with Crippen LogP contribution in [-0.4, -0.2) is 6.10 Å². The minimum Gasteiger partial charge on any atom is -0.491 e. The Balaban J connectivity index is 1.75. The Labute approximate surface area is 158 Å². The molecule has 1 aliphatic heterocycles. The van der Waals surface area contributed by atoms with E-state index in [0.29, 0.717) is 21.9 Å². The predicted molar refractivity (Wildman–Crippen MR) is 105 cm³/mol. The molecule has 4 rings (SSSR count). The van der Waals surface area contributed by atoms with E-state index in [1.807, 2.05) is 32.0 Å². The zero-order valence-corrected chi connectivity index (χ0v) is 15.8. The van der Waals surface area contributed by atoms with Crippen molar-refractivity contribution in [2.24, 2.45) is 5.92 Å². The molecule has 2 nitrogen and oxygen atoms in total. The summed E-state index contributed by atoms with van der Waals surface area (Å²) in [5.74, 6) is 1.72. The second kappa shape index (κ2) is 6.59. The molecule has 0 saturated heterocycles. The summed E-state index contributed by atoms with van der Waals surface area (Å²) in [6.07, 6.45) is 5.78. The number of nitrogens with one attached hydrogen (secondary N) is 1. The number of hydrogen-bond donors (Lipinski definition) is 1. The highest BCUT2D eigenvalue weighted by molar-refractivity contribution is 6.42. The number of rotatable bonds is 3. The molecule has 3 atom stereocenters. The van der Waals surface area contributed by atoms with Gasteiger partial charge in [-0.1, -0.05) is 47.5 Å². The van der Waals surface area contributed by atoms with Gasteiger partial charge in [0.25, 0.3) is 0 Å². The van der Waals surface area contributed by atoms with Crippen LogP contribution in [0.2, 0.25) is 10.0 Å². The number of anilines is 1. The summed E-state index contributed by atoms with van der Waals surface area (Å²) in [7, 11) is 0. The smallest absolute Gasteiger partial charge is 0.120 e. The first-order chi connectivity index (χ1) is 12.0. The number of halogens is 2. The van der Waals surface area contributed by atoms with Gasteiger partial charge in [0.2, 0.25) is 0 Å². The molecule has 2 aliphatic rings. The molecule has 0 bridgehead atoms. The third-order valence-electron chi connectivity index (χ3n) is 5.02. The first kappa shape index (κ1) is 16.8. The Morgan fingerprint density at radius 1 is 1.12 bits per heavy atom. The van der Waals surface area contributed by atoms with Crippen molar-refractivity contribution in [2.45, 2.75) is 38.3 Å². The van der Waals surface area contributed by atoms with E-state index in [9.17, 15) is 0 Å². The number of hydrogen-bond acceptors (Lipinski definition) is 2. The Bertz CT molecular complexity index is 831. The maximum atomic E-state index is 6.51. The standard InChI is InChI=1S/C21H21Cl2NO/c1-12(2)25-13-9-10-19-17(11-13)14-5-3-6-15(14)21(24-19)16-7-4-8-18(22)20(16)23/h3-5,7-12,14-15,21,24H,6H2,1-2H3. The molecule has 4 heteroatoms. The average molecular weight is 374 g/mol. The normalized spacial score (nSPS) is 24.0. The number of ether oxygens (including phenoxy) is 1. The molecule has 0 amide bonds. The van der Waals surface area contributed by atoms with Crippen LogP contribution in [0.3, 0.4) is 0 Å². The van der Waals surface area contributed by atoms with Crippen LogP contribution in [0.1, 0.15) is 43.4 Å². The maximum Gasteiger partial charge on any atom is 0.120 e. The van der Waals surface area contributed by atoms with Gasteiger partial charge in [-0.2, -0.15) is 0 Å². The van der Waals surface area contributed by atoms with E-state index in [-0.39, 0.29) is 12.1 Å². The Morgan fingerprint density at radius 2 is 1.96 bits per heavy atom. The topological polar surface area (TPSA) is 21.3 Å². The monoisotopic (exact) mass is 373 g/mol. The second-order valence-corrected chi connectivity index (χ2v) is 7.82. The van der Waals surface area contributed by atoms with E-state index >= 15 is 0 Å². The Morgan fingerprint density at radius 3 is 2.76 bits per heavy atom. The van der Waals surface area contributed by atoms with Gasteiger partial charge in [0, 0.05) is 11.6 Å². The van der Waals surface area contributed by atoms with Crippen molar-refractivity contribution >= 4 is 28.9 Å². The van der Waals surface area contributed by atoms with Crippen molar-refractivity contribution in [1.29, 1.82) is 0 Å². The lowest BCUT2D eigenvalue weighted by molar-refractivity contribution is 0.242. The lowest BCUT2D eigenvalue weighted by Gasteiger charge is -2.38. The van der Waals surface area contributed by atoms with Crippen LogP contribution in [0.15, 0.2) is 48.6 Å². The van der Waals surface area contributed by atoms with Crippen molar-refractivity contribution in [3.63, 3.8) is 0 Å². The highest BCUT2D eigenvalue weighted by atomic mass is 35.5. The van der Waals surface area contributed by atoms with E-state index in [1.54, 1.807) is 0 Å². The van der Waals surface area contributed by atoms with Gasteiger partial charge < -0.3 is 10.1 Å². The van der Waals surface area contributed by atoms with Gasteiger partial charge in [-0.25, -0.2) is 0 Å². The Hall–Kier alpha value is -1.64. The molecule has 1 aliphatic carbocycles. The maximum absolute atomic E-state index is 6.51. The third-order valence-corrected chi connectivity index (χ3v) is 5.86. The van der Waals surface area contributed by atoms with E-state index in [4.69, 9.17) is 27.9 Å². The number of benzene rings is 2. The van der Waals surface area contributed by atoms with Crippen molar-refractivity contribution < 1.29 is 4.74 Å².